The quantitative estimate of drug-likeness (QED) is 0.777. The molecule has 0 amide bonds. The van der Waals surface area contributed by atoms with Gasteiger partial charge in [-0.25, -0.2) is 0 Å². The fourth-order valence-corrected chi connectivity index (χ4v) is 2.32. The number of carbonyl (C=O) groups is 1. The average molecular weight is 210 g/mol. The van der Waals surface area contributed by atoms with Gasteiger partial charge in [0, 0.05) is 6.42 Å². The molecule has 0 aliphatic heterocycles. The zero-order valence-electron chi connectivity index (χ0n) is 10.3. The summed E-state index contributed by atoms with van der Waals surface area (Å²) in [6, 6.07) is 0. The van der Waals surface area contributed by atoms with E-state index in [9.17, 15) is 9.90 Å². The van der Waals surface area contributed by atoms with Crippen LogP contribution in [0.5, 0.6) is 0 Å². The smallest absolute Gasteiger partial charge is 0.158 e. The highest BCUT2D eigenvalue weighted by atomic mass is 16.3. The van der Waals surface area contributed by atoms with Gasteiger partial charge in [0.05, 0.1) is 6.10 Å². The summed E-state index contributed by atoms with van der Waals surface area (Å²) in [4.78, 5) is 11.6. The summed E-state index contributed by atoms with van der Waals surface area (Å²) in [7, 11) is 0. The van der Waals surface area contributed by atoms with Crippen LogP contribution in [0.4, 0.5) is 0 Å². The molecule has 15 heavy (non-hydrogen) atoms. The molecule has 0 unspecified atom stereocenters. The van der Waals surface area contributed by atoms with E-state index >= 15 is 0 Å². The number of aliphatic hydroxyl groups is 1. The number of carbonyl (C=O) groups excluding carboxylic acids is 1. The first kappa shape index (κ1) is 12.4. The molecule has 1 atom stereocenters. The summed E-state index contributed by atoms with van der Waals surface area (Å²) in [5.41, 5.74) is 2.32. The molecule has 0 aromatic carbocycles. The first-order valence-electron chi connectivity index (χ1n) is 5.76. The van der Waals surface area contributed by atoms with Gasteiger partial charge in [0.15, 0.2) is 5.78 Å². The van der Waals surface area contributed by atoms with E-state index in [0.717, 1.165) is 24.8 Å². The molecule has 2 nitrogen and oxygen atoms in total. The molecule has 0 aromatic rings. The lowest BCUT2D eigenvalue weighted by molar-refractivity contribution is -0.116. The van der Waals surface area contributed by atoms with Crippen molar-refractivity contribution in [3.8, 4) is 0 Å². The zero-order valence-corrected chi connectivity index (χ0v) is 10.3. The van der Waals surface area contributed by atoms with Crippen molar-refractivity contribution in [1.82, 2.24) is 0 Å². The molecule has 86 valence electrons. The molecule has 0 saturated carbocycles. The number of ketones is 1. The Morgan fingerprint density at radius 1 is 1.47 bits per heavy atom. The third-order valence-electron chi connectivity index (χ3n) is 3.48. The molecular formula is C13H22O2. The normalized spacial score (nSPS) is 23.1. The van der Waals surface area contributed by atoms with Crippen molar-refractivity contribution in [2.75, 3.05) is 0 Å². The van der Waals surface area contributed by atoms with Gasteiger partial charge in [0.25, 0.3) is 0 Å². The van der Waals surface area contributed by atoms with Gasteiger partial charge in [-0.3, -0.25) is 4.79 Å². The maximum atomic E-state index is 11.6. The van der Waals surface area contributed by atoms with E-state index in [1.807, 2.05) is 6.92 Å². The number of aliphatic hydroxyl groups excluding tert-OH is 1. The maximum absolute atomic E-state index is 11.6. The van der Waals surface area contributed by atoms with E-state index < -0.39 is 0 Å². The van der Waals surface area contributed by atoms with Crippen LogP contribution < -0.4 is 0 Å². The number of allylic oxidation sites excluding steroid dienone is 2. The molecule has 0 spiro atoms. The second-order valence-electron chi connectivity index (χ2n) is 5.30. The van der Waals surface area contributed by atoms with E-state index in [2.05, 4.69) is 13.8 Å². The molecule has 1 aliphatic carbocycles. The number of Topliss-reactive ketones (excluding diaryl/α,β-unsaturated/α-hetero) is 1. The summed E-state index contributed by atoms with van der Waals surface area (Å²) < 4.78 is 0. The van der Waals surface area contributed by atoms with E-state index in [4.69, 9.17) is 0 Å². The van der Waals surface area contributed by atoms with Crippen LogP contribution in [0.3, 0.4) is 0 Å². The third kappa shape index (κ3) is 2.91. The van der Waals surface area contributed by atoms with Crippen LogP contribution in [0.2, 0.25) is 0 Å². The fourth-order valence-electron chi connectivity index (χ4n) is 2.32. The average Bonchev–Trinajstić information content (AvgIpc) is 2.11. The van der Waals surface area contributed by atoms with Crippen LogP contribution in [0, 0.1) is 5.41 Å². The first-order valence-corrected chi connectivity index (χ1v) is 5.76. The Hall–Kier alpha value is -0.630. The summed E-state index contributed by atoms with van der Waals surface area (Å²) in [6.07, 6.45) is 2.94. The number of rotatable bonds is 3. The van der Waals surface area contributed by atoms with Crippen LogP contribution in [0.15, 0.2) is 11.1 Å². The van der Waals surface area contributed by atoms with Crippen molar-refractivity contribution in [1.29, 1.82) is 0 Å². The largest absolute Gasteiger partial charge is 0.393 e. The van der Waals surface area contributed by atoms with Crippen LogP contribution in [0.1, 0.15) is 53.4 Å². The van der Waals surface area contributed by atoms with E-state index in [1.165, 1.54) is 5.57 Å². The molecule has 0 fully saturated rings. The minimum atomic E-state index is -0.280. The van der Waals surface area contributed by atoms with Crippen LogP contribution in [0.25, 0.3) is 0 Å². The molecular weight excluding hydrogens is 188 g/mol. The molecule has 1 aliphatic rings. The maximum Gasteiger partial charge on any atom is 0.158 e. The SMILES string of the molecule is CC1=C(CC[C@H](C)O)C(C)(C)CCC1=O. The molecule has 0 saturated heterocycles. The minimum absolute atomic E-state index is 0.132. The van der Waals surface area contributed by atoms with E-state index in [0.29, 0.717) is 6.42 Å². The summed E-state index contributed by atoms with van der Waals surface area (Å²) in [5.74, 6) is 0.287. The van der Waals surface area contributed by atoms with Gasteiger partial charge in [-0.2, -0.15) is 0 Å². The predicted molar refractivity (Wildman–Crippen MR) is 61.6 cm³/mol. The standard InChI is InChI=1S/C13H22O2/c1-9(14)5-6-11-10(2)12(15)7-8-13(11,3)4/h9,14H,5-8H2,1-4H3/t9-/m0/s1. The Morgan fingerprint density at radius 3 is 2.60 bits per heavy atom. The number of hydrogen-bond donors (Lipinski definition) is 1. The Balaban J connectivity index is 2.87. The second-order valence-corrected chi connectivity index (χ2v) is 5.30. The van der Waals surface area contributed by atoms with Crippen molar-refractivity contribution in [3.63, 3.8) is 0 Å². The topological polar surface area (TPSA) is 37.3 Å². The van der Waals surface area contributed by atoms with Crippen LogP contribution in [-0.2, 0) is 4.79 Å². The molecule has 0 bridgehead atoms. The lowest BCUT2D eigenvalue weighted by Crippen LogP contribution is -2.25. The van der Waals surface area contributed by atoms with E-state index in [1.54, 1.807) is 6.92 Å². The van der Waals surface area contributed by atoms with Gasteiger partial charge in [0.2, 0.25) is 0 Å². The highest BCUT2D eigenvalue weighted by Gasteiger charge is 2.31. The highest BCUT2D eigenvalue weighted by molar-refractivity contribution is 5.96. The third-order valence-corrected chi connectivity index (χ3v) is 3.48. The molecule has 1 N–H and O–H groups in total. The predicted octanol–water partition coefficient (Wildman–Crippen LogP) is 2.85. The second kappa shape index (κ2) is 4.48. The van der Waals surface area contributed by atoms with Gasteiger partial charge in [-0.05, 0) is 44.1 Å². The monoisotopic (exact) mass is 210 g/mol. The van der Waals surface area contributed by atoms with Crippen molar-refractivity contribution < 1.29 is 9.90 Å². The van der Waals surface area contributed by atoms with Gasteiger partial charge < -0.3 is 5.11 Å². The number of hydrogen-bond acceptors (Lipinski definition) is 2. The van der Waals surface area contributed by atoms with Crippen LogP contribution >= 0.6 is 0 Å². The molecule has 2 heteroatoms. The lowest BCUT2D eigenvalue weighted by Gasteiger charge is -2.34. The van der Waals surface area contributed by atoms with Crippen molar-refractivity contribution in [2.45, 2.75) is 59.5 Å². The van der Waals surface area contributed by atoms with E-state index in [-0.39, 0.29) is 17.3 Å². The summed E-state index contributed by atoms with van der Waals surface area (Å²) >= 11 is 0. The summed E-state index contributed by atoms with van der Waals surface area (Å²) in [5, 5.41) is 9.30. The van der Waals surface area contributed by atoms with Crippen LogP contribution in [-0.4, -0.2) is 17.0 Å². The molecule has 0 heterocycles. The zero-order chi connectivity index (χ0) is 11.6. The Bertz CT molecular complexity index is 285. The molecule has 1 rings (SSSR count). The van der Waals surface area contributed by atoms with Crippen molar-refractivity contribution in [3.05, 3.63) is 11.1 Å². The summed E-state index contributed by atoms with van der Waals surface area (Å²) in [6.45, 7) is 8.12. The minimum Gasteiger partial charge on any atom is -0.393 e. The fraction of sp³-hybridized carbons (Fsp3) is 0.769. The van der Waals surface area contributed by atoms with Gasteiger partial charge in [-0.1, -0.05) is 19.4 Å². The Labute approximate surface area is 92.4 Å². The van der Waals surface area contributed by atoms with Crippen molar-refractivity contribution >= 4 is 5.78 Å². The van der Waals surface area contributed by atoms with Gasteiger partial charge in [-0.15, -0.1) is 0 Å². The Morgan fingerprint density at radius 2 is 2.07 bits per heavy atom. The first-order chi connectivity index (χ1) is 6.84. The highest BCUT2D eigenvalue weighted by Crippen LogP contribution is 2.41. The van der Waals surface area contributed by atoms with Gasteiger partial charge >= 0.3 is 0 Å². The van der Waals surface area contributed by atoms with Gasteiger partial charge in [0.1, 0.15) is 0 Å². The lowest BCUT2D eigenvalue weighted by atomic mass is 9.70. The molecule has 0 aromatic heterocycles. The Kier molecular flexibility index (Phi) is 3.72. The molecule has 0 radical (unpaired) electrons. The van der Waals surface area contributed by atoms with Crippen molar-refractivity contribution in [2.24, 2.45) is 5.41 Å².